The minimum absolute atomic E-state index is 0.176. The molecule has 1 N–H and O–H groups in total. The lowest BCUT2D eigenvalue weighted by molar-refractivity contribution is -0.126. The molecule has 164 valence electrons. The SMILES string of the molecule is COc1cc(OC)c(OC)cc1CNC(=O)C1CCCN(S(=O)(=O)c2cccs2)C1. The maximum atomic E-state index is 12.8. The highest BCUT2D eigenvalue weighted by Gasteiger charge is 2.33. The lowest BCUT2D eigenvalue weighted by Gasteiger charge is -2.30. The molecule has 1 aromatic carbocycles. The van der Waals surface area contributed by atoms with Gasteiger partial charge >= 0.3 is 0 Å². The number of hydrogen-bond donors (Lipinski definition) is 1. The fourth-order valence-corrected chi connectivity index (χ4v) is 6.14. The number of piperidine rings is 1. The van der Waals surface area contributed by atoms with Crippen LogP contribution >= 0.6 is 11.3 Å². The van der Waals surface area contributed by atoms with Crippen LogP contribution in [0.1, 0.15) is 18.4 Å². The average Bonchev–Trinajstić information content (AvgIpc) is 3.32. The van der Waals surface area contributed by atoms with Crippen molar-refractivity contribution in [1.82, 2.24) is 9.62 Å². The van der Waals surface area contributed by atoms with Gasteiger partial charge in [-0.1, -0.05) is 6.07 Å². The summed E-state index contributed by atoms with van der Waals surface area (Å²) in [7, 11) is 1.06. The number of amides is 1. The molecule has 0 saturated carbocycles. The van der Waals surface area contributed by atoms with E-state index in [0.717, 1.165) is 5.56 Å². The zero-order chi connectivity index (χ0) is 21.7. The van der Waals surface area contributed by atoms with Gasteiger partial charge in [-0.15, -0.1) is 11.3 Å². The molecule has 0 aliphatic carbocycles. The van der Waals surface area contributed by atoms with E-state index in [4.69, 9.17) is 14.2 Å². The molecular weight excluding hydrogens is 428 g/mol. The summed E-state index contributed by atoms with van der Waals surface area (Å²) in [6.07, 6.45) is 1.29. The standard InChI is InChI=1S/C20H26N2O6S2/c1-26-16-11-18(28-3)17(27-2)10-15(16)12-21-20(23)14-6-4-8-22(13-14)30(24,25)19-7-5-9-29-19/h5,7,9-11,14H,4,6,8,12-13H2,1-3H3,(H,21,23). The summed E-state index contributed by atoms with van der Waals surface area (Å²) >= 11 is 1.19. The maximum Gasteiger partial charge on any atom is 0.252 e. The number of ether oxygens (including phenoxy) is 3. The van der Waals surface area contributed by atoms with Gasteiger partial charge in [-0.25, -0.2) is 8.42 Å². The Morgan fingerprint density at radius 1 is 1.17 bits per heavy atom. The molecule has 1 aromatic heterocycles. The number of thiophene rings is 1. The zero-order valence-corrected chi connectivity index (χ0v) is 18.8. The molecule has 8 nitrogen and oxygen atoms in total. The fourth-order valence-electron chi connectivity index (χ4n) is 3.47. The summed E-state index contributed by atoms with van der Waals surface area (Å²) in [6, 6.07) is 6.76. The average molecular weight is 455 g/mol. The Hall–Kier alpha value is -2.30. The lowest BCUT2D eigenvalue weighted by atomic mass is 9.98. The van der Waals surface area contributed by atoms with Crippen LogP contribution in [0.3, 0.4) is 0 Å². The van der Waals surface area contributed by atoms with Crippen molar-refractivity contribution in [2.75, 3.05) is 34.4 Å². The molecular formula is C20H26N2O6S2. The topological polar surface area (TPSA) is 94.2 Å². The predicted molar refractivity (Wildman–Crippen MR) is 114 cm³/mol. The van der Waals surface area contributed by atoms with Crippen LogP contribution in [0.5, 0.6) is 17.2 Å². The molecule has 1 aliphatic heterocycles. The highest BCUT2D eigenvalue weighted by molar-refractivity contribution is 7.91. The first kappa shape index (κ1) is 22.4. The number of rotatable bonds is 8. The normalized spacial score (nSPS) is 17.4. The second-order valence-corrected chi connectivity index (χ2v) is 9.98. The Morgan fingerprint density at radius 3 is 2.50 bits per heavy atom. The van der Waals surface area contributed by atoms with E-state index >= 15 is 0 Å². The van der Waals surface area contributed by atoms with Crippen LogP contribution in [0.4, 0.5) is 0 Å². The first-order valence-electron chi connectivity index (χ1n) is 9.51. The van der Waals surface area contributed by atoms with Crippen LogP contribution in [-0.2, 0) is 21.4 Å². The molecule has 1 unspecified atom stereocenters. The minimum atomic E-state index is -3.56. The number of sulfonamides is 1. The monoisotopic (exact) mass is 454 g/mol. The van der Waals surface area contributed by atoms with Gasteiger partial charge in [0.05, 0.1) is 27.2 Å². The zero-order valence-electron chi connectivity index (χ0n) is 17.2. The highest BCUT2D eigenvalue weighted by atomic mass is 32.2. The van der Waals surface area contributed by atoms with Gasteiger partial charge < -0.3 is 19.5 Å². The molecule has 1 fully saturated rings. The van der Waals surface area contributed by atoms with Crippen LogP contribution in [-0.4, -0.2) is 53.0 Å². The van der Waals surface area contributed by atoms with Gasteiger partial charge in [0.15, 0.2) is 11.5 Å². The molecule has 30 heavy (non-hydrogen) atoms. The van der Waals surface area contributed by atoms with E-state index in [2.05, 4.69) is 5.32 Å². The molecule has 2 heterocycles. The smallest absolute Gasteiger partial charge is 0.252 e. The van der Waals surface area contributed by atoms with Crippen molar-refractivity contribution in [3.63, 3.8) is 0 Å². The maximum absolute atomic E-state index is 12.8. The number of methoxy groups -OCH3 is 3. The summed E-state index contributed by atoms with van der Waals surface area (Å²) < 4.78 is 43.2. The first-order valence-corrected chi connectivity index (χ1v) is 11.8. The van der Waals surface area contributed by atoms with E-state index in [1.807, 2.05) is 0 Å². The van der Waals surface area contributed by atoms with Crippen molar-refractivity contribution in [2.45, 2.75) is 23.6 Å². The second-order valence-electron chi connectivity index (χ2n) is 6.87. The van der Waals surface area contributed by atoms with E-state index < -0.39 is 15.9 Å². The number of nitrogens with one attached hydrogen (secondary N) is 1. The molecule has 3 rings (SSSR count). The molecule has 1 saturated heterocycles. The summed E-state index contributed by atoms with van der Waals surface area (Å²) in [5, 5.41) is 4.64. The molecule has 0 radical (unpaired) electrons. The van der Waals surface area contributed by atoms with Crippen molar-refractivity contribution in [2.24, 2.45) is 5.92 Å². The Kier molecular flexibility index (Phi) is 7.22. The third-order valence-corrected chi connectivity index (χ3v) is 8.32. The van der Waals surface area contributed by atoms with Crippen LogP contribution in [0.25, 0.3) is 0 Å². The van der Waals surface area contributed by atoms with E-state index in [-0.39, 0.29) is 19.0 Å². The fraction of sp³-hybridized carbons (Fsp3) is 0.450. The number of carbonyl (C=O) groups excluding carboxylic acids is 1. The molecule has 1 atom stereocenters. The van der Waals surface area contributed by atoms with Crippen LogP contribution < -0.4 is 19.5 Å². The Bertz CT molecular complexity index is 975. The molecule has 0 bridgehead atoms. The molecule has 10 heteroatoms. The molecule has 0 spiro atoms. The van der Waals surface area contributed by atoms with Gasteiger partial charge in [-0.3, -0.25) is 4.79 Å². The largest absolute Gasteiger partial charge is 0.496 e. The number of benzene rings is 1. The second kappa shape index (κ2) is 9.67. The quantitative estimate of drug-likeness (QED) is 0.659. The van der Waals surface area contributed by atoms with Crippen molar-refractivity contribution >= 4 is 27.3 Å². The Balaban J connectivity index is 1.68. The summed E-state index contributed by atoms with van der Waals surface area (Å²) in [5.41, 5.74) is 0.738. The Morgan fingerprint density at radius 2 is 1.87 bits per heavy atom. The van der Waals surface area contributed by atoms with Gasteiger partial charge in [0.25, 0.3) is 10.0 Å². The van der Waals surface area contributed by atoms with Crippen molar-refractivity contribution < 1.29 is 27.4 Å². The van der Waals surface area contributed by atoms with Crippen LogP contribution in [0.15, 0.2) is 33.9 Å². The summed E-state index contributed by atoms with van der Waals surface area (Å²) in [6.45, 7) is 0.833. The number of hydrogen-bond acceptors (Lipinski definition) is 7. The highest BCUT2D eigenvalue weighted by Crippen LogP contribution is 2.34. The van der Waals surface area contributed by atoms with Crippen LogP contribution in [0.2, 0.25) is 0 Å². The van der Waals surface area contributed by atoms with Crippen molar-refractivity contribution in [3.8, 4) is 17.2 Å². The summed E-state index contributed by atoms with van der Waals surface area (Å²) in [5.74, 6) is 1.05. The number of carbonyl (C=O) groups is 1. The predicted octanol–water partition coefficient (Wildman–Crippen LogP) is 2.49. The van der Waals surface area contributed by atoms with Crippen molar-refractivity contribution in [3.05, 3.63) is 35.2 Å². The van der Waals surface area contributed by atoms with E-state index in [1.165, 1.54) is 29.9 Å². The van der Waals surface area contributed by atoms with Gasteiger partial charge in [-0.2, -0.15) is 4.31 Å². The van der Waals surface area contributed by atoms with Gasteiger partial charge in [-0.05, 0) is 30.4 Å². The van der Waals surface area contributed by atoms with Gasteiger partial charge in [0.1, 0.15) is 9.96 Å². The van der Waals surface area contributed by atoms with Gasteiger partial charge in [0, 0.05) is 31.3 Å². The summed E-state index contributed by atoms with van der Waals surface area (Å²) in [4.78, 5) is 12.8. The number of nitrogens with zero attached hydrogens (tertiary/aromatic N) is 1. The first-order chi connectivity index (χ1) is 14.4. The molecule has 1 amide bonds. The lowest BCUT2D eigenvalue weighted by Crippen LogP contribution is -2.45. The van der Waals surface area contributed by atoms with Gasteiger partial charge in [0.2, 0.25) is 5.91 Å². The molecule has 1 aliphatic rings. The van der Waals surface area contributed by atoms with E-state index in [9.17, 15) is 13.2 Å². The van der Waals surface area contributed by atoms with Crippen LogP contribution in [0, 0.1) is 5.92 Å². The third kappa shape index (κ3) is 4.71. The van der Waals surface area contributed by atoms with E-state index in [1.54, 1.807) is 36.8 Å². The van der Waals surface area contributed by atoms with Crippen molar-refractivity contribution in [1.29, 1.82) is 0 Å². The minimum Gasteiger partial charge on any atom is -0.496 e. The molecule has 2 aromatic rings. The third-order valence-electron chi connectivity index (χ3n) is 5.08. The Labute approximate surface area is 180 Å². The van der Waals surface area contributed by atoms with E-state index in [0.29, 0.717) is 40.8 Å².